The molecule has 55 heavy (non-hydrogen) atoms. The van der Waals surface area contributed by atoms with Crippen molar-refractivity contribution in [2.24, 2.45) is 0 Å². The summed E-state index contributed by atoms with van der Waals surface area (Å²) < 4.78 is 58.9. The summed E-state index contributed by atoms with van der Waals surface area (Å²) in [4.78, 5) is 28.9. The average Bonchev–Trinajstić information content (AvgIpc) is 3.14. The minimum atomic E-state index is -4.67. The van der Waals surface area contributed by atoms with Crippen molar-refractivity contribution in [2.45, 2.75) is 120 Å². The van der Waals surface area contributed by atoms with E-state index in [1.807, 2.05) is 13.0 Å². The summed E-state index contributed by atoms with van der Waals surface area (Å²) in [5.41, 5.74) is 0.264. The van der Waals surface area contributed by atoms with Gasteiger partial charge in [0.15, 0.2) is 6.29 Å². The number of hydrogen-bond acceptors (Lipinski definition) is 10. The number of benzene rings is 2. The number of rotatable bonds is 17. The van der Waals surface area contributed by atoms with E-state index in [0.717, 1.165) is 62.3 Å². The molecule has 4 amide bonds. The molecule has 0 saturated carbocycles. The third-order valence-corrected chi connectivity index (χ3v) is 9.81. The van der Waals surface area contributed by atoms with Gasteiger partial charge in [-0.2, -0.15) is 13.2 Å². The van der Waals surface area contributed by atoms with Crippen LogP contribution in [-0.2, 0) is 20.4 Å². The number of anilines is 2. The highest BCUT2D eigenvalue weighted by atomic mass is 19.4. The van der Waals surface area contributed by atoms with Crippen LogP contribution in [0.4, 0.5) is 34.1 Å². The number of alkyl halides is 3. The minimum Gasteiger partial charge on any atom is -0.394 e. The first-order valence-electron chi connectivity index (χ1n) is 18.9. The van der Waals surface area contributed by atoms with Gasteiger partial charge in [-0.05, 0) is 68.8 Å². The van der Waals surface area contributed by atoms with Gasteiger partial charge in [0, 0.05) is 11.4 Å². The molecular weight excluding hydrogens is 727 g/mol. The largest absolute Gasteiger partial charge is 0.416 e. The molecule has 8 N–H and O–H groups in total. The standard InChI is InChI=1S/C38H56F3N5O9/c1-4-6-8-16-46(17-9-7-5-2)31-28(20-47)53-22-27(44-36(51)42-25-14-10-12-23(3)18-25)34(31)55-35-30(33(50)32(49)29(21-48)54-35)45-37(52)43-26-15-11-13-24(19-26)38(39,40)41/h10-15,18-19,27-35,47-50H,4-9,16-17,20-22H2,1-3H3,(H2,42,44,51)(H2,43,45,52)/t27?,28?,29?,30?,31-,32+,33+,34+,35-/m0/s1. The molecular formula is C38H56F3N5O9. The molecule has 308 valence electrons. The van der Waals surface area contributed by atoms with Crippen molar-refractivity contribution in [3.63, 3.8) is 0 Å². The van der Waals surface area contributed by atoms with Gasteiger partial charge in [-0.1, -0.05) is 57.7 Å². The fraction of sp³-hybridized carbons (Fsp3) is 0.632. The van der Waals surface area contributed by atoms with Crippen molar-refractivity contribution in [3.05, 3.63) is 59.7 Å². The number of aliphatic hydroxyl groups excluding tert-OH is 4. The fourth-order valence-corrected chi connectivity index (χ4v) is 6.97. The monoisotopic (exact) mass is 783 g/mol. The van der Waals surface area contributed by atoms with Crippen molar-refractivity contribution >= 4 is 23.4 Å². The molecule has 2 heterocycles. The lowest BCUT2D eigenvalue weighted by atomic mass is 9.92. The van der Waals surface area contributed by atoms with Crippen LogP contribution in [0.1, 0.15) is 63.5 Å². The highest BCUT2D eigenvalue weighted by Crippen LogP contribution is 2.32. The SMILES string of the molecule is CCCCCN(CCCCC)[C@H]1C(CO)OCC(NC(=O)Nc2cccc(C)c2)[C@H]1O[C@@H]1OC(CO)[C@@H](O)[C@H](O)C1NC(=O)Nc1cccc(C(F)(F)F)c1. The van der Waals surface area contributed by atoms with E-state index >= 15 is 0 Å². The van der Waals surface area contributed by atoms with E-state index in [2.05, 4.69) is 40.0 Å². The first-order valence-corrected chi connectivity index (χ1v) is 18.9. The first-order chi connectivity index (χ1) is 26.3. The van der Waals surface area contributed by atoms with E-state index < -0.39 is 92.0 Å². The third-order valence-electron chi connectivity index (χ3n) is 9.81. The predicted molar refractivity (Wildman–Crippen MR) is 198 cm³/mol. The van der Waals surface area contributed by atoms with Crippen molar-refractivity contribution in [1.29, 1.82) is 0 Å². The molecule has 14 nitrogen and oxygen atoms in total. The van der Waals surface area contributed by atoms with Gasteiger partial charge in [0.1, 0.15) is 30.5 Å². The number of unbranched alkanes of at least 4 members (excludes halogenated alkanes) is 4. The Hall–Kier alpha value is -3.55. The Labute approximate surface area is 319 Å². The number of ether oxygens (including phenoxy) is 3. The van der Waals surface area contributed by atoms with E-state index in [1.165, 1.54) is 6.07 Å². The maximum absolute atomic E-state index is 13.5. The Morgan fingerprint density at radius 1 is 0.855 bits per heavy atom. The number of hydrogen-bond donors (Lipinski definition) is 8. The van der Waals surface area contributed by atoms with Gasteiger partial charge in [0.25, 0.3) is 0 Å². The molecule has 2 aromatic carbocycles. The molecule has 2 fully saturated rings. The van der Waals surface area contributed by atoms with Crippen LogP contribution in [0, 0.1) is 6.92 Å². The molecule has 0 radical (unpaired) electrons. The van der Waals surface area contributed by atoms with Crippen LogP contribution in [0.25, 0.3) is 0 Å². The second kappa shape index (κ2) is 21.1. The summed E-state index contributed by atoms with van der Waals surface area (Å²) in [6.07, 6.45) is -7.54. The molecule has 0 aliphatic carbocycles. The molecule has 0 aromatic heterocycles. The van der Waals surface area contributed by atoms with Gasteiger partial charge in [-0.15, -0.1) is 0 Å². The van der Waals surface area contributed by atoms with Crippen LogP contribution in [0.15, 0.2) is 48.5 Å². The Balaban J connectivity index is 1.69. The Kier molecular flexibility index (Phi) is 17.0. The van der Waals surface area contributed by atoms with Crippen LogP contribution < -0.4 is 21.3 Å². The molecule has 17 heteroatoms. The van der Waals surface area contributed by atoms with Crippen LogP contribution >= 0.6 is 0 Å². The topological polar surface area (TPSA) is 194 Å². The maximum Gasteiger partial charge on any atom is 0.416 e. The Morgan fingerprint density at radius 3 is 2.04 bits per heavy atom. The first kappa shape index (κ1) is 44.2. The second-order valence-corrected chi connectivity index (χ2v) is 14.1. The van der Waals surface area contributed by atoms with Crippen molar-refractivity contribution in [3.8, 4) is 0 Å². The molecule has 2 aliphatic heterocycles. The molecule has 9 atom stereocenters. The second-order valence-electron chi connectivity index (χ2n) is 14.1. The van der Waals surface area contributed by atoms with Crippen molar-refractivity contribution in [1.82, 2.24) is 15.5 Å². The summed E-state index contributed by atoms with van der Waals surface area (Å²) in [6, 6.07) is 6.40. The lowest BCUT2D eigenvalue weighted by molar-refractivity contribution is -0.298. The number of halogens is 3. The molecule has 2 aromatic rings. The lowest BCUT2D eigenvalue weighted by Gasteiger charge is -2.50. The third kappa shape index (κ3) is 12.5. The van der Waals surface area contributed by atoms with Gasteiger partial charge in [0.05, 0.1) is 43.6 Å². The predicted octanol–water partition coefficient (Wildman–Crippen LogP) is 3.96. The van der Waals surface area contributed by atoms with Crippen LogP contribution in [0.3, 0.4) is 0 Å². The molecule has 4 rings (SSSR count). The van der Waals surface area contributed by atoms with E-state index in [1.54, 1.807) is 18.2 Å². The van der Waals surface area contributed by atoms with Crippen molar-refractivity contribution in [2.75, 3.05) is 43.5 Å². The summed E-state index contributed by atoms with van der Waals surface area (Å²) in [6.45, 7) is 5.97. The highest BCUT2D eigenvalue weighted by Gasteiger charge is 2.51. The highest BCUT2D eigenvalue weighted by molar-refractivity contribution is 5.90. The quantitative estimate of drug-likeness (QED) is 0.109. The fourth-order valence-electron chi connectivity index (χ4n) is 6.97. The van der Waals surface area contributed by atoms with Crippen molar-refractivity contribution < 1.29 is 57.4 Å². The number of carbonyl (C=O) groups is 2. The number of carbonyl (C=O) groups excluding carboxylic acids is 2. The Bertz CT molecular complexity index is 1500. The van der Waals surface area contributed by atoms with Crippen LogP contribution in [0.5, 0.6) is 0 Å². The van der Waals surface area contributed by atoms with Crippen LogP contribution in [-0.4, -0.2) is 125 Å². The number of urea groups is 2. The zero-order valence-corrected chi connectivity index (χ0v) is 31.5. The number of nitrogens with zero attached hydrogens (tertiary/aromatic N) is 1. The minimum absolute atomic E-state index is 0.110. The number of amides is 4. The van der Waals surface area contributed by atoms with Gasteiger partial charge in [0.2, 0.25) is 0 Å². The number of aliphatic hydroxyl groups is 4. The van der Waals surface area contributed by atoms with E-state index in [-0.39, 0.29) is 12.3 Å². The average molecular weight is 784 g/mol. The molecule has 0 spiro atoms. The summed E-state index contributed by atoms with van der Waals surface area (Å²) in [5.74, 6) is 0. The maximum atomic E-state index is 13.5. The summed E-state index contributed by atoms with van der Waals surface area (Å²) in [7, 11) is 0. The lowest BCUT2D eigenvalue weighted by Crippen LogP contribution is -2.70. The smallest absolute Gasteiger partial charge is 0.394 e. The van der Waals surface area contributed by atoms with E-state index in [4.69, 9.17) is 14.2 Å². The summed E-state index contributed by atoms with van der Waals surface area (Å²) in [5, 5.41) is 53.4. The van der Waals surface area contributed by atoms with E-state index in [9.17, 15) is 43.2 Å². The van der Waals surface area contributed by atoms with E-state index in [0.29, 0.717) is 18.8 Å². The number of aryl methyl sites for hydroxylation is 1. The summed E-state index contributed by atoms with van der Waals surface area (Å²) >= 11 is 0. The molecule has 4 unspecified atom stereocenters. The number of nitrogens with one attached hydrogen (secondary N) is 4. The van der Waals surface area contributed by atoms with Gasteiger partial charge < -0.3 is 55.9 Å². The molecule has 2 aliphatic rings. The van der Waals surface area contributed by atoms with Crippen LogP contribution in [0.2, 0.25) is 0 Å². The normalized spacial score (nSPS) is 27.1. The van der Waals surface area contributed by atoms with Gasteiger partial charge in [-0.3, -0.25) is 4.90 Å². The Morgan fingerprint density at radius 2 is 1.45 bits per heavy atom. The molecule has 2 saturated heterocycles. The van der Waals surface area contributed by atoms with Gasteiger partial charge in [-0.25, -0.2) is 9.59 Å². The zero-order chi connectivity index (χ0) is 40.1. The molecule has 0 bridgehead atoms. The zero-order valence-electron chi connectivity index (χ0n) is 31.5. The van der Waals surface area contributed by atoms with Gasteiger partial charge >= 0.3 is 18.2 Å².